The molecule has 0 aliphatic carbocycles. The first-order chi connectivity index (χ1) is 9.98. The van der Waals surface area contributed by atoms with Gasteiger partial charge in [-0.3, -0.25) is 0 Å². The van der Waals surface area contributed by atoms with Crippen LogP contribution in [-0.4, -0.2) is 49.8 Å². The van der Waals surface area contributed by atoms with Gasteiger partial charge in [-0.25, -0.2) is 8.42 Å². The van der Waals surface area contributed by atoms with Crippen molar-refractivity contribution in [3.8, 4) is 0 Å². The van der Waals surface area contributed by atoms with Gasteiger partial charge in [0.1, 0.15) is 4.21 Å². The predicted octanol–water partition coefficient (Wildman–Crippen LogP) is 3.41. The first-order valence-electron chi connectivity index (χ1n) is 7.17. The molecule has 8 heteroatoms. The van der Waals surface area contributed by atoms with Gasteiger partial charge < -0.3 is 4.90 Å². The number of nitrogens with zero attached hydrogens (tertiary/aromatic N) is 2. The van der Waals surface area contributed by atoms with Crippen LogP contribution in [0, 0.1) is 0 Å². The first-order valence-corrected chi connectivity index (χ1v) is 10.6. The van der Waals surface area contributed by atoms with Crippen LogP contribution >= 0.6 is 38.9 Å². The number of likely N-dealkylation sites (tertiary alicyclic amines) is 1. The number of piperidine rings is 1. The molecule has 2 fully saturated rings. The van der Waals surface area contributed by atoms with Gasteiger partial charge in [-0.1, -0.05) is 11.6 Å². The maximum Gasteiger partial charge on any atom is 0.252 e. The van der Waals surface area contributed by atoms with Crippen molar-refractivity contribution in [3.63, 3.8) is 0 Å². The molecule has 0 unspecified atom stereocenters. The normalized spacial score (nSPS) is 23.0. The fraction of sp³-hybridized carbons (Fsp3) is 0.692. The van der Waals surface area contributed by atoms with Gasteiger partial charge in [-0.2, -0.15) is 4.31 Å². The van der Waals surface area contributed by atoms with Crippen molar-refractivity contribution < 1.29 is 8.42 Å². The standard InChI is InChI=1S/C13H18BrClN2O2S2/c14-13-11(15)9-12(20-13)21(18,19)17-7-3-10(4-8-17)16-5-1-2-6-16/h9-10H,1-8H2. The van der Waals surface area contributed by atoms with Crippen LogP contribution in [-0.2, 0) is 10.0 Å². The van der Waals surface area contributed by atoms with Gasteiger partial charge >= 0.3 is 0 Å². The quantitative estimate of drug-likeness (QED) is 0.762. The van der Waals surface area contributed by atoms with Gasteiger partial charge in [0.05, 0.1) is 8.81 Å². The molecule has 2 saturated heterocycles. The third kappa shape index (κ3) is 3.33. The van der Waals surface area contributed by atoms with E-state index in [0.717, 1.165) is 12.8 Å². The maximum atomic E-state index is 12.6. The number of halogens is 2. The van der Waals surface area contributed by atoms with Crippen molar-refractivity contribution in [3.05, 3.63) is 14.9 Å². The number of hydrogen-bond acceptors (Lipinski definition) is 4. The molecule has 0 bridgehead atoms. The second-order valence-electron chi connectivity index (χ2n) is 5.57. The SMILES string of the molecule is O=S(=O)(c1cc(Cl)c(Br)s1)N1CCC(N2CCCC2)CC1. The molecule has 118 valence electrons. The highest BCUT2D eigenvalue weighted by atomic mass is 79.9. The minimum absolute atomic E-state index is 0.332. The van der Waals surface area contributed by atoms with E-state index >= 15 is 0 Å². The van der Waals surface area contributed by atoms with E-state index in [0.29, 0.717) is 32.1 Å². The zero-order chi connectivity index (χ0) is 15.0. The van der Waals surface area contributed by atoms with Gasteiger partial charge in [0.2, 0.25) is 0 Å². The largest absolute Gasteiger partial charge is 0.300 e. The van der Waals surface area contributed by atoms with Gasteiger partial charge in [-0.05, 0) is 60.8 Å². The number of sulfonamides is 1. The topological polar surface area (TPSA) is 40.6 Å². The molecular weight excluding hydrogens is 396 g/mol. The smallest absolute Gasteiger partial charge is 0.252 e. The molecule has 0 aromatic carbocycles. The van der Waals surface area contributed by atoms with Crippen LogP contribution in [0.5, 0.6) is 0 Å². The summed E-state index contributed by atoms with van der Waals surface area (Å²) >= 11 is 10.4. The Hall–Kier alpha value is 0.340. The summed E-state index contributed by atoms with van der Waals surface area (Å²) in [5, 5.41) is 0.463. The lowest BCUT2D eigenvalue weighted by Crippen LogP contribution is -2.45. The van der Waals surface area contributed by atoms with Gasteiger partial charge in [0.25, 0.3) is 10.0 Å². The van der Waals surface area contributed by atoms with Crippen molar-refractivity contribution in [2.75, 3.05) is 26.2 Å². The summed E-state index contributed by atoms with van der Waals surface area (Å²) in [4.78, 5) is 2.52. The zero-order valence-corrected chi connectivity index (χ0v) is 15.6. The van der Waals surface area contributed by atoms with Crippen molar-refractivity contribution in [2.45, 2.75) is 35.9 Å². The summed E-state index contributed by atoms with van der Waals surface area (Å²) in [7, 11) is -3.39. The highest BCUT2D eigenvalue weighted by Crippen LogP contribution is 2.36. The zero-order valence-electron chi connectivity index (χ0n) is 11.6. The van der Waals surface area contributed by atoms with Gasteiger partial charge in [-0.15, -0.1) is 11.3 Å². The van der Waals surface area contributed by atoms with Crippen LogP contribution in [0.4, 0.5) is 0 Å². The van der Waals surface area contributed by atoms with Gasteiger partial charge in [0, 0.05) is 19.1 Å². The monoisotopic (exact) mass is 412 g/mol. The molecule has 3 rings (SSSR count). The predicted molar refractivity (Wildman–Crippen MR) is 89.6 cm³/mol. The van der Waals surface area contributed by atoms with Crippen LogP contribution in [0.25, 0.3) is 0 Å². The fourth-order valence-corrected chi connectivity index (χ4v) is 7.16. The summed E-state index contributed by atoms with van der Waals surface area (Å²) in [5.74, 6) is 0. The number of hydrogen-bond donors (Lipinski definition) is 0. The maximum absolute atomic E-state index is 12.6. The second-order valence-corrected chi connectivity index (χ2v) is 10.5. The van der Waals surface area contributed by atoms with Crippen LogP contribution < -0.4 is 0 Å². The lowest BCUT2D eigenvalue weighted by molar-refractivity contribution is 0.168. The lowest BCUT2D eigenvalue weighted by atomic mass is 10.1. The van der Waals surface area contributed by atoms with Crippen molar-refractivity contribution >= 4 is 48.9 Å². The van der Waals surface area contributed by atoms with E-state index in [1.165, 1.54) is 43.3 Å². The summed E-state index contributed by atoms with van der Waals surface area (Å²) in [5.41, 5.74) is 0. The Morgan fingerprint density at radius 1 is 1.19 bits per heavy atom. The average Bonchev–Trinajstić information content (AvgIpc) is 3.10. The molecule has 3 heterocycles. The fourth-order valence-electron chi connectivity index (χ4n) is 3.14. The molecule has 0 amide bonds. The van der Waals surface area contributed by atoms with E-state index in [1.54, 1.807) is 4.31 Å². The Morgan fingerprint density at radius 2 is 1.81 bits per heavy atom. The summed E-state index contributed by atoms with van der Waals surface area (Å²) in [6.07, 6.45) is 4.42. The Balaban J connectivity index is 1.68. The highest BCUT2D eigenvalue weighted by molar-refractivity contribution is 9.11. The second kappa shape index (κ2) is 6.45. The molecule has 0 N–H and O–H groups in total. The van der Waals surface area contributed by atoms with E-state index < -0.39 is 10.0 Å². The van der Waals surface area contributed by atoms with Crippen LogP contribution in [0.2, 0.25) is 5.02 Å². The Labute approximate surface area is 143 Å². The van der Waals surface area contributed by atoms with Crippen molar-refractivity contribution in [1.29, 1.82) is 0 Å². The third-order valence-corrected chi connectivity index (χ3v) is 9.12. The average molecular weight is 414 g/mol. The molecule has 0 atom stereocenters. The molecule has 1 aromatic heterocycles. The van der Waals surface area contributed by atoms with Crippen LogP contribution in [0.15, 0.2) is 14.1 Å². The Kier molecular flexibility index (Phi) is 4.98. The molecular formula is C13H18BrClN2O2S2. The van der Waals surface area contributed by atoms with Crippen LogP contribution in [0.1, 0.15) is 25.7 Å². The molecule has 4 nitrogen and oxygen atoms in total. The Bertz CT molecular complexity index is 586. The van der Waals surface area contributed by atoms with Crippen LogP contribution in [0.3, 0.4) is 0 Å². The third-order valence-electron chi connectivity index (χ3n) is 4.30. The van der Waals surface area contributed by atoms with Gasteiger partial charge in [0.15, 0.2) is 0 Å². The number of thiophene rings is 1. The van der Waals surface area contributed by atoms with E-state index in [9.17, 15) is 8.42 Å². The minimum Gasteiger partial charge on any atom is -0.300 e. The van der Waals surface area contributed by atoms with Crippen molar-refractivity contribution in [1.82, 2.24) is 9.21 Å². The molecule has 21 heavy (non-hydrogen) atoms. The Morgan fingerprint density at radius 3 is 2.33 bits per heavy atom. The summed E-state index contributed by atoms with van der Waals surface area (Å²) in [6, 6.07) is 2.09. The molecule has 1 aromatic rings. The van der Waals surface area contributed by atoms with Crippen molar-refractivity contribution in [2.24, 2.45) is 0 Å². The molecule has 0 spiro atoms. The van der Waals surface area contributed by atoms with E-state index in [-0.39, 0.29) is 0 Å². The molecule has 2 aliphatic rings. The van der Waals surface area contributed by atoms with E-state index in [2.05, 4.69) is 20.8 Å². The van der Waals surface area contributed by atoms with E-state index in [4.69, 9.17) is 11.6 Å². The number of rotatable bonds is 3. The molecule has 2 aliphatic heterocycles. The minimum atomic E-state index is -3.39. The molecule has 0 radical (unpaired) electrons. The molecule has 0 saturated carbocycles. The summed E-state index contributed by atoms with van der Waals surface area (Å²) < 4.78 is 27.9. The van der Waals surface area contributed by atoms with E-state index in [1.807, 2.05) is 0 Å². The summed E-state index contributed by atoms with van der Waals surface area (Å²) in [6.45, 7) is 3.56. The lowest BCUT2D eigenvalue weighted by Gasteiger charge is -2.35. The highest BCUT2D eigenvalue weighted by Gasteiger charge is 2.33. The first kappa shape index (κ1) is 16.2.